The lowest BCUT2D eigenvalue weighted by molar-refractivity contribution is 0.572. The van der Waals surface area contributed by atoms with Gasteiger partial charge < -0.3 is 9.32 Å². The van der Waals surface area contributed by atoms with Crippen molar-refractivity contribution in [1.29, 1.82) is 0 Å². The standard InChI is InChI=1S/C71H49NO/c1-69(2)59-33-17-12-28-51(59)55-40-38-49(44-63(55)69)72(50-39-41-56-54-31-13-18-34-60(54)70(64(56)45-50,46-22-6-3-7-23-46)47-24-8-4-9-25-47)65-43-42-58-57-32-16-21-37-66(57)73-68(58)67(65)71(48-26-10-5-11-27-48)61-35-19-14-29-52(61)53-30-15-20-36-62(53)71/h3,5-8,10-41,44-45H,42-43H2,1-2H3. The predicted octanol–water partition coefficient (Wildman–Crippen LogP) is 17.2. The van der Waals surface area contributed by atoms with Gasteiger partial charge in [-0.1, -0.05) is 214 Å². The Bertz CT molecular complexity index is 3980. The molecule has 0 spiro atoms. The zero-order valence-corrected chi connectivity index (χ0v) is 40.8. The summed E-state index contributed by atoms with van der Waals surface area (Å²) in [6.45, 7) is 4.79. The minimum Gasteiger partial charge on any atom is -0.456 e. The van der Waals surface area contributed by atoms with Crippen LogP contribution in [0.4, 0.5) is 11.4 Å². The van der Waals surface area contributed by atoms with Crippen molar-refractivity contribution in [3.8, 4) is 33.4 Å². The number of fused-ring (bicyclic) bond motifs is 12. The topological polar surface area (TPSA) is 16.4 Å². The van der Waals surface area contributed by atoms with Crippen LogP contribution in [-0.4, -0.2) is 0 Å². The number of benzene rings is 9. The largest absolute Gasteiger partial charge is 0.456 e. The highest BCUT2D eigenvalue weighted by Crippen LogP contribution is 2.64. The number of aryl methyl sites for hydroxylation is 1. The zero-order chi connectivity index (χ0) is 48.5. The van der Waals surface area contributed by atoms with Gasteiger partial charge in [0, 0.05) is 39.0 Å². The van der Waals surface area contributed by atoms with Crippen LogP contribution in [-0.2, 0) is 22.7 Å². The molecular weight excluding hydrogens is 883 g/mol. The van der Waals surface area contributed by atoms with Crippen LogP contribution >= 0.6 is 0 Å². The smallest absolute Gasteiger partial charge is 0.137 e. The second-order valence-corrected chi connectivity index (χ2v) is 20.8. The van der Waals surface area contributed by atoms with Crippen molar-refractivity contribution in [3.63, 3.8) is 0 Å². The van der Waals surface area contributed by atoms with Crippen molar-refractivity contribution in [3.05, 3.63) is 316 Å². The third kappa shape index (κ3) is 5.60. The molecule has 73 heavy (non-hydrogen) atoms. The molecule has 11 aromatic rings. The molecule has 344 valence electrons. The van der Waals surface area contributed by atoms with E-state index in [1.54, 1.807) is 0 Å². The molecule has 10 aromatic carbocycles. The summed E-state index contributed by atoms with van der Waals surface area (Å²) in [5.41, 5.74) is 24.1. The first kappa shape index (κ1) is 41.8. The van der Waals surface area contributed by atoms with Crippen LogP contribution in [0.5, 0.6) is 0 Å². The molecule has 0 bridgehead atoms. The van der Waals surface area contributed by atoms with Gasteiger partial charge in [0.2, 0.25) is 0 Å². The maximum absolute atomic E-state index is 7.47. The fourth-order valence-corrected chi connectivity index (χ4v) is 14.1. The van der Waals surface area contributed by atoms with Crippen molar-refractivity contribution in [2.75, 3.05) is 4.90 Å². The van der Waals surface area contributed by atoms with E-state index in [0.29, 0.717) is 0 Å². The number of para-hydroxylation sites is 1. The Balaban J connectivity index is 1.10. The van der Waals surface area contributed by atoms with Crippen molar-refractivity contribution in [1.82, 2.24) is 0 Å². The quantitative estimate of drug-likeness (QED) is 0.158. The van der Waals surface area contributed by atoms with Gasteiger partial charge in [0.25, 0.3) is 0 Å². The van der Waals surface area contributed by atoms with Crippen LogP contribution < -0.4 is 4.90 Å². The number of nitrogens with zero attached hydrogens (tertiary/aromatic N) is 1. The van der Waals surface area contributed by atoms with E-state index in [1.807, 2.05) is 6.07 Å². The number of rotatable bonds is 7. The molecule has 0 amide bonds. The lowest BCUT2D eigenvalue weighted by atomic mass is 9.64. The second kappa shape index (κ2) is 15.5. The first-order valence-corrected chi connectivity index (χ1v) is 25.7. The highest BCUT2D eigenvalue weighted by Gasteiger charge is 2.53. The maximum atomic E-state index is 7.47. The van der Waals surface area contributed by atoms with Gasteiger partial charge in [0.05, 0.1) is 10.8 Å². The van der Waals surface area contributed by atoms with Crippen LogP contribution in [0.1, 0.15) is 81.7 Å². The second-order valence-electron chi connectivity index (χ2n) is 20.8. The molecule has 2 heteroatoms. The Morgan fingerprint density at radius 1 is 0.411 bits per heavy atom. The number of allylic oxidation sites excluding steroid dienone is 2. The molecule has 1 aromatic heterocycles. The van der Waals surface area contributed by atoms with Gasteiger partial charge in [0.1, 0.15) is 11.3 Å². The summed E-state index contributed by atoms with van der Waals surface area (Å²) in [6.07, 6.45) is 1.59. The Hall–Kier alpha value is -8.90. The number of anilines is 2. The van der Waals surface area contributed by atoms with Gasteiger partial charge in [-0.15, -0.1) is 0 Å². The molecule has 4 aliphatic carbocycles. The van der Waals surface area contributed by atoms with Crippen LogP contribution in [0.25, 0.3) is 49.9 Å². The molecule has 2 nitrogen and oxygen atoms in total. The van der Waals surface area contributed by atoms with E-state index >= 15 is 0 Å². The van der Waals surface area contributed by atoms with Gasteiger partial charge >= 0.3 is 0 Å². The molecule has 1 atom stereocenters. The van der Waals surface area contributed by atoms with E-state index in [9.17, 15) is 0 Å². The van der Waals surface area contributed by atoms with E-state index in [4.69, 9.17) is 4.42 Å². The summed E-state index contributed by atoms with van der Waals surface area (Å²) >= 11 is 0. The summed E-state index contributed by atoms with van der Waals surface area (Å²) in [6, 6.07) is 94.9. The summed E-state index contributed by atoms with van der Waals surface area (Å²) in [4.78, 5) is 2.64. The van der Waals surface area contributed by atoms with Gasteiger partial charge in [-0.2, -0.15) is 0 Å². The van der Waals surface area contributed by atoms with Gasteiger partial charge in [-0.25, -0.2) is 0 Å². The van der Waals surface area contributed by atoms with Gasteiger partial charge in [0.15, 0.2) is 0 Å². The van der Waals surface area contributed by atoms with Crippen LogP contribution in [0, 0.1) is 12.1 Å². The molecule has 1 heterocycles. The monoisotopic (exact) mass is 931 g/mol. The molecule has 1 unspecified atom stereocenters. The van der Waals surface area contributed by atoms with Crippen LogP contribution in [0.2, 0.25) is 0 Å². The highest BCUT2D eigenvalue weighted by molar-refractivity contribution is 6.01. The molecule has 0 aliphatic heterocycles. The van der Waals surface area contributed by atoms with Crippen LogP contribution in [0.3, 0.4) is 0 Å². The lowest BCUT2D eigenvalue weighted by Crippen LogP contribution is -2.34. The third-order valence-corrected chi connectivity index (χ3v) is 17.0. The Morgan fingerprint density at radius 3 is 1.52 bits per heavy atom. The van der Waals surface area contributed by atoms with E-state index in [1.165, 1.54) is 100 Å². The van der Waals surface area contributed by atoms with Crippen molar-refractivity contribution in [2.24, 2.45) is 0 Å². The third-order valence-electron chi connectivity index (χ3n) is 17.0. The molecule has 15 rings (SSSR count). The molecule has 0 N–H and O–H groups in total. The van der Waals surface area contributed by atoms with E-state index in [-0.39, 0.29) is 5.41 Å². The SMILES string of the molecule is CC1(C)c2ccccc2-c2ccc(N(C3=C(C4(c5ccccc5)c5ccccc5-c5ccccc54)c4oc5ccccc5c4CC3)c3ccc4c(c3)C(c3cc#ccc3)(c3ccccc3)c3ccccc3-4)cc21. The van der Waals surface area contributed by atoms with Gasteiger partial charge in [-0.05, 0) is 145 Å². The lowest BCUT2D eigenvalue weighted by Gasteiger charge is -2.42. The average molecular weight is 932 g/mol. The summed E-state index contributed by atoms with van der Waals surface area (Å²) in [5.74, 6) is 0.958. The zero-order valence-electron chi connectivity index (χ0n) is 40.8. The molecular formula is C71H49NO. The first-order chi connectivity index (χ1) is 36.0. The van der Waals surface area contributed by atoms with Crippen molar-refractivity contribution < 1.29 is 4.42 Å². The summed E-state index contributed by atoms with van der Waals surface area (Å²) in [5, 5.41) is 1.18. The molecule has 4 aliphatic rings. The molecule has 0 fully saturated rings. The highest BCUT2D eigenvalue weighted by atomic mass is 16.3. The number of hydrogen-bond acceptors (Lipinski definition) is 2. The first-order valence-electron chi connectivity index (χ1n) is 25.7. The molecule has 0 saturated heterocycles. The molecule has 0 radical (unpaired) electrons. The van der Waals surface area contributed by atoms with Crippen LogP contribution in [0.15, 0.2) is 247 Å². The predicted molar refractivity (Wildman–Crippen MR) is 297 cm³/mol. The average Bonchev–Trinajstić information content (AvgIpc) is 4.14. The van der Waals surface area contributed by atoms with E-state index < -0.39 is 10.8 Å². The minimum atomic E-state index is -0.756. The van der Waals surface area contributed by atoms with Crippen molar-refractivity contribution >= 4 is 27.9 Å². The Labute approximate surface area is 427 Å². The van der Waals surface area contributed by atoms with Gasteiger partial charge in [-0.3, -0.25) is 0 Å². The number of hydrogen-bond donors (Lipinski definition) is 0. The Morgan fingerprint density at radius 2 is 0.904 bits per heavy atom. The maximum Gasteiger partial charge on any atom is 0.137 e. The number of furan rings is 1. The van der Waals surface area contributed by atoms with E-state index in [2.05, 4.69) is 261 Å². The fraction of sp³-hybridized carbons (Fsp3) is 0.0986. The Kier molecular flexibility index (Phi) is 8.91. The van der Waals surface area contributed by atoms with E-state index in [0.717, 1.165) is 41.1 Å². The molecule has 0 saturated carbocycles. The van der Waals surface area contributed by atoms with Crippen molar-refractivity contribution in [2.45, 2.75) is 42.9 Å². The summed E-state index contributed by atoms with van der Waals surface area (Å²) in [7, 11) is 0. The normalized spacial score (nSPS) is 15.6. The fourth-order valence-electron chi connectivity index (χ4n) is 14.1. The minimum absolute atomic E-state index is 0.221. The summed E-state index contributed by atoms with van der Waals surface area (Å²) < 4.78 is 7.47.